The zero-order valence-corrected chi connectivity index (χ0v) is 7.74. The van der Waals surface area contributed by atoms with Gasteiger partial charge in [0.15, 0.2) is 5.58 Å². The normalized spacial score (nSPS) is 9.60. The molecule has 4 nitrogen and oxygen atoms in total. The molecule has 0 saturated carbocycles. The fourth-order valence-corrected chi connectivity index (χ4v) is 1.22. The number of hydrogen-bond acceptors (Lipinski definition) is 3. The molecular weight excluding hydrogens is 194 g/mol. The maximum atomic E-state index is 10.9. The molecule has 0 radical (unpaired) electrons. The Morgan fingerprint density at radius 3 is 3.13 bits per heavy atom. The zero-order chi connectivity index (χ0) is 10.7. The van der Waals surface area contributed by atoms with E-state index in [1.165, 1.54) is 0 Å². The maximum absolute atomic E-state index is 10.9. The molecule has 0 fully saturated rings. The zero-order valence-electron chi connectivity index (χ0n) is 7.74. The van der Waals surface area contributed by atoms with Gasteiger partial charge < -0.3 is 9.21 Å². The van der Waals surface area contributed by atoms with Crippen molar-refractivity contribution in [3.8, 4) is 11.8 Å². The lowest BCUT2D eigenvalue weighted by Crippen LogP contribution is -1.92. The average Bonchev–Trinajstić information content (AvgIpc) is 2.57. The number of nitrogens with one attached hydrogen (secondary N) is 1. The van der Waals surface area contributed by atoms with E-state index in [2.05, 4.69) is 16.8 Å². The van der Waals surface area contributed by atoms with Crippen LogP contribution in [0.1, 0.15) is 12.0 Å². The van der Waals surface area contributed by atoms with Gasteiger partial charge in [0.2, 0.25) is 0 Å². The van der Waals surface area contributed by atoms with Crippen LogP contribution in [0.25, 0.3) is 11.1 Å². The molecule has 4 heteroatoms. The van der Waals surface area contributed by atoms with Crippen LogP contribution in [0.3, 0.4) is 0 Å². The quantitative estimate of drug-likeness (QED) is 0.554. The van der Waals surface area contributed by atoms with E-state index in [4.69, 9.17) is 4.42 Å². The van der Waals surface area contributed by atoms with Gasteiger partial charge in [0.25, 0.3) is 0 Å². The number of carbonyl (C=O) groups is 1. The smallest absolute Gasteiger partial charge is 0.408 e. The minimum Gasteiger partial charge on any atom is -0.408 e. The Kier molecular flexibility index (Phi) is 2.38. The summed E-state index contributed by atoms with van der Waals surface area (Å²) >= 11 is 0. The molecule has 0 aliphatic rings. The number of carbonyl (C=O) groups excluding carboxylic acids is 1. The van der Waals surface area contributed by atoms with Crippen LogP contribution < -0.4 is 5.76 Å². The number of fused-ring (bicyclic) bond motifs is 1. The first-order valence-corrected chi connectivity index (χ1v) is 4.35. The van der Waals surface area contributed by atoms with Crippen LogP contribution in [-0.2, 0) is 4.79 Å². The standard InChI is InChI=1S/C11H7NO3/c13-6-2-1-3-8-4-5-9-10(7-8)15-11(14)12-9/h4-7H,2H2,(H,12,14). The second-order valence-corrected chi connectivity index (χ2v) is 2.90. The number of aromatic amines is 1. The van der Waals surface area contributed by atoms with Crippen molar-refractivity contribution >= 4 is 17.4 Å². The molecule has 0 unspecified atom stereocenters. The van der Waals surface area contributed by atoms with Crippen molar-refractivity contribution in [3.05, 3.63) is 34.3 Å². The highest BCUT2D eigenvalue weighted by Gasteiger charge is 1.99. The van der Waals surface area contributed by atoms with Crippen LogP contribution in [0.5, 0.6) is 0 Å². The van der Waals surface area contributed by atoms with Crippen molar-refractivity contribution in [2.45, 2.75) is 6.42 Å². The lowest BCUT2D eigenvalue weighted by atomic mass is 10.2. The predicted molar refractivity (Wildman–Crippen MR) is 54.4 cm³/mol. The molecule has 0 saturated heterocycles. The summed E-state index contributed by atoms with van der Waals surface area (Å²) in [7, 11) is 0. The Bertz CT molecular complexity index is 610. The van der Waals surface area contributed by atoms with E-state index >= 15 is 0 Å². The summed E-state index contributed by atoms with van der Waals surface area (Å²) in [5.41, 5.74) is 1.82. The molecule has 1 heterocycles. The number of oxazole rings is 1. The second-order valence-electron chi connectivity index (χ2n) is 2.90. The maximum Gasteiger partial charge on any atom is 0.417 e. The minimum absolute atomic E-state index is 0.203. The molecule has 0 amide bonds. The summed E-state index contributed by atoms with van der Waals surface area (Å²) in [4.78, 5) is 23.4. The number of rotatable bonds is 1. The van der Waals surface area contributed by atoms with Crippen molar-refractivity contribution in [1.29, 1.82) is 0 Å². The van der Waals surface area contributed by atoms with E-state index in [1.807, 2.05) is 0 Å². The number of aromatic nitrogens is 1. The number of aldehydes is 1. The summed E-state index contributed by atoms with van der Waals surface area (Å²) in [5.74, 6) is 4.98. The first kappa shape index (κ1) is 9.28. The van der Waals surface area contributed by atoms with Gasteiger partial charge in [-0.2, -0.15) is 0 Å². The van der Waals surface area contributed by atoms with Crippen molar-refractivity contribution in [3.63, 3.8) is 0 Å². The molecular formula is C11H7NO3. The van der Waals surface area contributed by atoms with Gasteiger partial charge in [-0.15, -0.1) is 0 Å². The summed E-state index contributed by atoms with van der Waals surface area (Å²) in [6.45, 7) is 0. The van der Waals surface area contributed by atoms with Gasteiger partial charge in [-0.05, 0) is 18.2 Å². The van der Waals surface area contributed by atoms with Gasteiger partial charge >= 0.3 is 5.76 Å². The van der Waals surface area contributed by atoms with Gasteiger partial charge in [-0.1, -0.05) is 11.8 Å². The predicted octanol–water partition coefficient (Wildman–Crippen LogP) is 1.06. The Balaban J connectivity index is 2.43. The molecule has 2 aromatic rings. The van der Waals surface area contributed by atoms with Gasteiger partial charge in [-0.3, -0.25) is 4.98 Å². The Labute approximate surface area is 84.9 Å². The Hall–Kier alpha value is -2.28. The van der Waals surface area contributed by atoms with Crippen LogP contribution in [0.15, 0.2) is 27.4 Å². The molecule has 0 aliphatic heterocycles. The van der Waals surface area contributed by atoms with Crippen molar-refractivity contribution in [1.82, 2.24) is 4.98 Å². The lowest BCUT2D eigenvalue weighted by Gasteiger charge is -1.88. The molecule has 0 spiro atoms. The van der Waals surface area contributed by atoms with Gasteiger partial charge in [0, 0.05) is 5.56 Å². The third-order valence-corrected chi connectivity index (χ3v) is 1.84. The molecule has 1 aromatic heterocycles. The highest BCUT2D eigenvalue weighted by atomic mass is 16.4. The number of benzene rings is 1. The monoisotopic (exact) mass is 201 g/mol. The van der Waals surface area contributed by atoms with Crippen molar-refractivity contribution in [2.75, 3.05) is 0 Å². The van der Waals surface area contributed by atoms with Crippen LogP contribution in [0.4, 0.5) is 0 Å². The highest BCUT2D eigenvalue weighted by molar-refractivity contribution is 5.74. The minimum atomic E-state index is -0.483. The van der Waals surface area contributed by atoms with Gasteiger partial charge in [-0.25, -0.2) is 4.79 Å². The van der Waals surface area contributed by atoms with Crippen molar-refractivity contribution in [2.24, 2.45) is 0 Å². The summed E-state index contributed by atoms with van der Waals surface area (Å²) in [6, 6.07) is 5.13. The van der Waals surface area contributed by atoms with E-state index in [1.54, 1.807) is 18.2 Å². The number of hydrogen-bond donors (Lipinski definition) is 1. The average molecular weight is 201 g/mol. The summed E-state index contributed by atoms with van der Waals surface area (Å²) in [6.07, 6.45) is 0.942. The second kappa shape index (κ2) is 3.84. The van der Waals surface area contributed by atoms with Crippen LogP contribution >= 0.6 is 0 Å². The highest BCUT2D eigenvalue weighted by Crippen LogP contribution is 2.11. The lowest BCUT2D eigenvalue weighted by molar-refractivity contribution is -0.107. The van der Waals surface area contributed by atoms with Gasteiger partial charge in [0.05, 0.1) is 11.9 Å². The molecule has 0 atom stereocenters. The third-order valence-electron chi connectivity index (χ3n) is 1.84. The molecule has 1 aromatic carbocycles. The number of H-pyrrole nitrogens is 1. The first-order chi connectivity index (χ1) is 7.29. The largest absolute Gasteiger partial charge is 0.417 e. The van der Waals surface area contributed by atoms with E-state index in [0.29, 0.717) is 16.7 Å². The SMILES string of the molecule is O=CCC#Cc1ccc2[nH]c(=O)oc2c1. The molecule has 1 N–H and O–H groups in total. The van der Waals surface area contributed by atoms with Crippen LogP contribution in [0, 0.1) is 11.8 Å². The van der Waals surface area contributed by atoms with Crippen LogP contribution in [-0.4, -0.2) is 11.3 Å². The topological polar surface area (TPSA) is 63.1 Å². The molecule has 0 aliphatic carbocycles. The fourth-order valence-electron chi connectivity index (χ4n) is 1.22. The Morgan fingerprint density at radius 2 is 2.33 bits per heavy atom. The Morgan fingerprint density at radius 1 is 1.47 bits per heavy atom. The fraction of sp³-hybridized carbons (Fsp3) is 0.0909. The third kappa shape index (κ3) is 1.97. The summed E-state index contributed by atoms with van der Waals surface area (Å²) in [5, 5.41) is 0. The molecule has 2 rings (SSSR count). The molecule has 0 bridgehead atoms. The summed E-state index contributed by atoms with van der Waals surface area (Å²) < 4.78 is 4.87. The molecule has 15 heavy (non-hydrogen) atoms. The van der Waals surface area contributed by atoms with E-state index < -0.39 is 5.76 Å². The first-order valence-electron chi connectivity index (χ1n) is 4.35. The van der Waals surface area contributed by atoms with Crippen LogP contribution in [0.2, 0.25) is 0 Å². The van der Waals surface area contributed by atoms with E-state index in [0.717, 1.165) is 6.29 Å². The van der Waals surface area contributed by atoms with Crippen molar-refractivity contribution < 1.29 is 9.21 Å². The molecule has 74 valence electrons. The van der Waals surface area contributed by atoms with Gasteiger partial charge in [0.1, 0.15) is 6.29 Å². The van der Waals surface area contributed by atoms with E-state index in [9.17, 15) is 9.59 Å². The van der Waals surface area contributed by atoms with E-state index in [-0.39, 0.29) is 6.42 Å².